The minimum absolute atomic E-state index is 0.0876. The van der Waals surface area contributed by atoms with Gasteiger partial charge in [-0.3, -0.25) is 14.5 Å². The zero-order chi connectivity index (χ0) is 20.6. The number of benzene rings is 2. The van der Waals surface area contributed by atoms with E-state index in [1.54, 1.807) is 18.7 Å². The van der Waals surface area contributed by atoms with E-state index < -0.39 is 0 Å². The van der Waals surface area contributed by atoms with Crippen LogP contribution in [0.2, 0.25) is 0 Å². The number of piperazine rings is 1. The summed E-state index contributed by atoms with van der Waals surface area (Å²) in [6.45, 7) is 8.29. The summed E-state index contributed by atoms with van der Waals surface area (Å²) in [5, 5.41) is 3.02. The van der Waals surface area contributed by atoms with Crippen molar-refractivity contribution in [2.24, 2.45) is 0 Å². The van der Waals surface area contributed by atoms with Crippen LogP contribution in [0.5, 0.6) is 0 Å². The summed E-state index contributed by atoms with van der Waals surface area (Å²) in [7, 11) is 0. The van der Waals surface area contributed by atoms with Gasteiger partial charge in [-0.25, -0.2) is 0 Å². The summed E-state index contributed by atoms with van der Waals surface area (Å²) < 4.78 is 0. The van der Waals surface area contributed by atoms with Gasteiger partial charge in [0.05, 0.1) is 6.54 Å². The maximum atomic E-state index is 12.2. The quantitative estimate of drug-likeness (QED) is 0.411. The highest BCUT2D eigenvalue weighted by molar-refractivity contribution is 7.99. The Morgan fingerprint density at radius 3 is 2.24 bits per heavy atom. The Bertz CT molecular complexity index is 813. The van der Waals surface area contributed by atoms with Crippen LogP contribution in [0.3, 0.4) is 0 Å². The number of thioether (sulfide) groups is 1. The van der Waals surface area contributed by atoms with Crippen LogP contribution in [0, 0.1) is 6.92 Å². The fourth-order valence-corrected chi connectivity index (χ4v) is 4.09. The Kier molecular flexibility index (Phi) is 7.72. The van der Waals surface area contributed by atoms with E-state index in [1.807, 2.05) is 24.3 Å². The number of nitrogens with one attached hydrogen (secondary N) is 1. The van der Waals surface area contributed by atoms with Crippen molar-refractivity contribution >= 4 is 29.1 Å². The number of hydrogen-bond acceptors (Lipinski definition) is 5. The topological polar surface area (TPSA) is 52.7 Å². The lowest BCUT2D eigenvalue weighted by atomic mass is 10.1. The highest BCUT2D eigenvalue weighted by atomic mass is 32.2. The number of Topliss-reactive ketones (excluding diaryl/α,β-unsaturated/α-hetero) is 1. The minimum atomic E-state index is 0.0876. The summed E-state index contributed by atoms with van der Waals surface area (Å²) in [5.74, 6) is 1.05. The molecule has 1 N–H and O–H groups in total. The molecule has 1 aliphatic heterocycles. The molecule has 2 aromatic rings. The largest absolute Gasteiger partial charge is 0.369 e. The van der Waals surface area contributed by atoms with Crippen molar-refractivity contribution in [3.63, 3.8) is 0 Å². The van der Waals surface area contributed by atoms with Crippen molar-refractivity contribution in [3.8, 4) is 0 Å². The van der Waals surface area contributed by atoms with Gasteiger partial charge in [0.25, 0.3) is 0 Å². The molecule has 0 unspecified atom stereocenters. The molecule has 1 heterocycles. The van der Waals surface area contributed by atoms with Crippen molar-refractivity contribution in [1.82, 2.24) is 10.2 Å². The number of aryl methyl sites for hydroxylation is 1. The van der Waals surface area contributed by atoms with Crippen molar-refractivity contribution in [1.29, 1.82) is 0 Å². The Hall–Kier alpha value is -2.31. The number of hydrogen-bond donors (Lipinski definition) is 1. The average molecular weight is 412 g/mol. The van der Waals surface area contributed by atoms with Crippen LogP contribution in [0.1, 0.15) is 22.8 Å². The second-order valence-corrected chi connectivity index (χ2v) is 8.55. The first-order valence-corrected chi connectivity index (χ1v) is 11.0. The molecule has 0 aliphatic carbocycles. The zero-order valence-electron chi connectivity index (χ0n) is 17.2. The molecule has 0 bridgehead atoms. The van der Waals surface area contributed by atoms with E-state index >= 15 is 0 Å². The molecule has 29 heavy (non-hydrogen) atoms. The zero-order valence-corrected chi connectivity index (χ0v) is 18.0. The fraction of sp³-hybridized carbons (Fsp3) is 0.391. The third kappa shape index (κ3) is 6.61. The highest BCUT2D eigenvalue weighted by Crippen LogP contribution is 2.18. The molecule has 6 heteroatoms. The molecule has 0 spiro atoms. The highest BCUT2D eigenvalue weighted by Gasteiger charge is 2.19. The standard InChI is InChI=1S/C23H29N3O2S/c1-18-3-9-22(10-4-18)29-16-11-24-23(28)17-25-12-14-26(15-13-25)21-7-5-20(6-8-21)19(2)27/h3-10H,11-17H2,1-2H3,(H,24,28). The Labute approximate surface area is 177 Å². The SMILES string of the molecule is CC(=O)c1ccc(N2CCN(CC(=O)NCCSc3ccc(C)cc3)CC2)cc1. The molecule has 5 nitrogen and oxygen atoms in total. The van der Waals surface area contributed by atoms with Crippen molar-refractivity contribution in [2.75, 3.05) is 49.9 Å². The third-order valence-corrected chi connectivity index (χ3v) is 6.11. The number of nitrogens with zero attached hydrogens (tertiary/aromatic N) is 2. The van der Waals surface area contributed by atoms with E-state index in [1.165, 1.54) is 10.5 Å². The molecule has 2 aromatic carbocycles. The lowest BCUT2D eigenvalue weighted by Gasteiger charge is -2.35. The first-order valence-electron chi connectivity index (χ1n) is 10.1. The molecule has 0 atom stereocenters. The van der Waals surface area contributed by atoms with Gasteiger partial charge >= 0.3 is 0 Å². The summed E-state index contributed by atoms with van der Waals surface area (Å²) in [4.78, 5) is 29.3. The van der Waals surface area contributed by atoms with E-state index in [0.717, 1.165) is 43.2 Å². The minimum Gasteiger partial charge on any atom is -0.369 e. The van der Waals surface area contributed by atoms with Crippen LogP contribution in [0.25, 0.3) is 0 Å². The van der Waals surface area contributed by atoms with Crippen LogP contribution in [-0.4, -0.2) is 61.6 Å². The van der Waals surface area contributed by atoms with E-state index in [4.69, 9.17) is 0 Å². The van der Waals surface area contributed by atoms with E-state index in [2.05, 4.69) is 46.3 Å². The first kappa shape index (κ1) is 21.4. The van der Waals surface area contributed by atoms with E-state index in [-0.39, 0.29) is 11.7 Å². The number of carbonyl (C=O) groups is 2. The number of carbonyl (C=O) groups excluding carboxylic acids is 2. The van der Waals surface area contributed by atoms with Crippen LogP contribution >= 0.6 is 11.8 Å². The van der Waals surface area contributed by atoms with Gasteiger partial charge in [0.2, 0.25) is 5.91 Å². The molecular weight excluding hydrogens is 382 g/mol. The number of rotatable bonds is 8. The van der Waals surface area contributed by atoms with Gasteiger partial charge in [-0.2, -0.15) is 0 Å². The van der Waals surface area contributed by atoms with E-state index in [0.29, 0.717) is 13.1 Å². The maximum absolute atomic E-state index is 12.2. The van der Waals surface area contributed by atoms with Gasteiger partial charge in [-0.15, -0.1) is 11.8 Å². The lowest BCUT2D eigenvalue weighted by Crippen LogP contribution is -2.49. The van der Waals surface area contributed by atoms with Gasteiger partial charge in [0, 0.05) is 54.6 Å². The number of ketones is 1. The molecule has 3 rings (SSSR count). The predicted molar refractivity (Wildman–Crippen MR) is 120 cm³/mol. The normalized spacial score (nSPS) is 14.6. The number of anilines is 1. The summed E-state index contributed by atoms with van der Waals surface area (Å²) in [6.07, 6.45) is 0. The molecule has 1 fully saturated rings. The molecule has 0 aromatic heterocycles. The van der Waals surface area contributed by atoms with Gasteiger partial charge in [-0.05, 0) is 50.2 Å². The van der Waals surface area contributed by atoms with Gasteiger partial charge < -0.3 is 10.2 Å². The Morgan fingerprint density at radius 2 is 1.62 bits per heavy atom. The molecule has 1 saturated heterocycles. The number of amides is 1. The smallest absolute Gasteiger partial charge is 0.234 e. The third-order valence-electron chi connectivity index (χ3n) is 5.09. The molecule has 0 saturated carbocycles. The first-order chi connectivity index (χ1) is 14.0. The van der Waals surface area contributed by atoms with Gasteiger partial charge in [0.1, 0.15) is 0 Å². The van der Waals surface area contributed by atoms with Crippen molar-refractivity contribution < 1.29 is 9.59 Å². The predicted octanol–water partition coefficient (Wildman–Crippen LogP) is 3.23. The van der Waals surface area contributed by atoms with E-state index in [9.17, 15) is 9.59 Å². The monoisotopic (exact) mass is 411 g/mol. The molecule has 154 valence electrons. The summed E-state index contributed by atoms with van der Waals surface area (Å²) in [6, 6.07) is 16.2. The fourth-order valence-electron chi connectivity index (χ4n) is 3.32. The van der Waals surface area contributed by atoms with Crippen LogP contribution in [-0.2, 0) is 4.79 Å². The Morgan fingerprint density at radius 1 is 0.966 bits per heavy atom. The van der Waals surface area contributed by atoms with Crippen LogP contribution in [0.4, 0.5) is 5.69 Å². The molecule has 1 aliphatic rings. The molecule has 0 radical (unpaired) electrons. The van der Waals surface area contributed by atoms with Gasteiger partial charge in [-0.1, -0.05) is 17.7 Å². The van der Waals surface area contributed by atoms with Crippen molar-refractivity contribution in [2.45, 2.75) is 18.7 Å². The van der Waals surface area contributed by atoms with Gasteiger partial charge in [0.15, 0.2) is 5.78 Å². The second kappa shape index (κ2) is 10.5. The lowest BCUT2D eigenvalue weighted by molar-refractivity contribution is -0.122. The Balaban J connectivity index is 1.34. The molecule has 1 amide bonds. The molecular formula is C23H29N3O2S. The van der Waals surface area contributed by atoms with Crippen molar-refractivity contribution in [3.05, 3.63) is 59.7 Å². The summed E-state index contributed by atoms with van der Waals surface area (Å²) >= 11 is 1.76. The maximum Gasteiger partial charge on any atom is 0.234 e. The van der Waals surface area contributed by atoms with Crippen LogP contribution in [0.15, 0.2) is 53.4 Å². The van der Waals surface area contributed by atoms with Crippen LogP contribution < -0.4 is 10.2 Å². The summed E-state index contributed by atoms with van der Waals surface area (Å²) in [5.41, 5.74) is 3.13. The second-order valence-electron chi connectivity index (χ2n) is 7.38. The average Bonchev–Trinajstić information content (AvgIpc) is 2.73.